The Kier molecular flexibility index (Phi) is 6.03. The third-order valence-electron chi connectivity index (χ3n) is 2.76. The Morgan fingerprint density at radius 2 is 2.27 bits per heavy atom. The number of amides is 1. The van der Waals surface area contributed by atoms with E-state index in [9.17, 15) is 4.79 Å². The van der Waals surface area contributed by atoms with E-state index in [0.717, 1.165) is 32.2 Å². The van der Waals surface area contributed by atoms with Gasteiger partial charge < -0.3 is 10.1 Å². The molecule has 1 heterocycles. The first kappa shape index (κ1) is 12.8. The second-order valence-corrected chi connectivity index (χ2v) is 4.48. The quantitative estimate of drug-likeness (QED) is 0.563. The number of hydrogen-bond donors (Lipinski definition) is 1. The van der Waals surface area contributed by atoms with E-state index in [1.54, 1.807) is 0 Å². The highest BCUT2D eigenvalue weighted by molar-refractivity contribution is 6.17. The lowest BCUT2D eigenvalue weighted by Gasteiger charge is -2.14. The minimum atomic E-state index is -0.224. The number of rotatable bonds is 6. The van der Waals surface area contributed by atoms with Gasteiger partial charge in [0.1, 0.15) is 6.10 Å². The Bertz CT molecular complexity index is 199. The molecule has 1 amide bonds. The van der Waals surface area contributed by atoms with Crippen LogP contribution in [0.1, 0.15) is 32.6 Å². The van der Waals surface area contributed by atoms with Crippen LogP contribution in [0.3, 0.4) is 0 Å². The summed E-state index contributed by atoms with van der Waals surface area (Å²) in [5.74, 6) is 1.11. The molecule has 0 aromatic carbocycles. The van der Waals surface area contributed by atoms with Crippen molar-refractivity contribution in [2.45, 2.75) is 38.7 Å². The summed E-state index contributed by atoms with van der Waals surface area (Å²) < 4.78 is 5.37. The van der Waals surface area contributed by atoms with Crippen LogP contribution >= 0.6 is 11.6 Å². The number of nitrogens with one attached hydrogen (secondary N) is 1. The predicted octanol–water partition coefficient (Wildman–Crippen LogP) is 1.94. The molecule has 1 rings (SSSR count). The van der Waals surface area contributed by atoms with Crippen molar-refractivity contribution >= 4 is 17.5 Å². The van der Waals surface area contributed by atoms with Gasteiger partial charge in [-0.3, -0.25) is 4.79 Å². The van der Waals surface area contributed by atoms with Crippen LogP contribution in [0.2, 0.25) is 0 Å². The molecule has 15 heavy (non-hydrogen) atoms. The van der Waals surface area contributed by atoms with Crippen molar-refractivity contribution in [1.29, 1.82) is 0 Å². The van der Waals surface area contributed by atoms with Gasteiger partial charge in [0.25, 0.3) is 0 Å². The van der Waals surface area contributed by atoms with E-state index in [1.165, 1.54) is 0 Å². The van der Waals surface area contributed by atoms with Crippen LogP contribution in [0, 0.1) is 5.92 Å². The smallest absolute Gasteiger partial charge is 0.249 e. The largest absolute Gasteiger partial charge is 0.368 e. The molecule has 0 aliphatic carbocycles. The zero-order valence-electron chi connectivity index (χ0n) is 9.30. The maximum Gasteiger partial charge on any atom is 0.249 e. The maximum absolute atomic E-state index is 11.6. The molecule has 3 nitrogen and oxygen atoms in total. The molecule has 0 radical (unpaired) electrons. The maximum atomic E-state index is 11.6. The van der Waals surface area contributed by atoms with Crippen LogP contribution < -0.4 is 5.32 Å². The van der Waals surface area contributed by atoms with E-state index in [4.69, 9.17) is 16.3 Å². The fourth-order valence-electron chi connectivity index (χ4n) is 1.74. The fourth-order valence-corrected chi connectivity index (χ4v) is 1.93. The van der Waals surface area contributed by atoms with Gasteiger partial charge in [-0.1, -0.05) is 13.3 Å². The monoisotopic (exact) mass is 233 g/mol. The molecule has 0 aromatic rings. The molecular formula is C11H20ClNO2. The highest BCUT2D eigenvalue weighted by atomic mass is 35.5. The van der Waals surface area contributed by atoms with Gasteiger partial charge in [-0.2, -0.15) is 0 Å². The van der Waals surface area contributed by atoms with E-state index in [-0.39, 0.29) is 12.0 Å². The molecule has 1 fully saturated rings. The van der Waals surface area contributed by atoms with Gasteiger partial charge in [0.2, 0.25) is 5.91 Å². The molecule has 0 bridgehead atoms. The number of ether oxygens (including phenoxy) is 1. The van der Waals surface area contributed by atoms with Gasteiger partial charge in [-0.15, -0.1) is 11.6 Å². The molecule has 1 aliphatic rings. The highest BCUT2D eigenvalue weighted by Crippen LogP contribution is 2.19. The van der Waals surface area contributed by atoms with Crippen molar-refractivity contribution < 1.29 is 9.53 Å². The summed E-state index contributed by atoms with van der Waals surface area (Å²) in [7, 11) is 0. The lowest BCUT2D eigenvalue weighted by atomic mass is 10.0. The molecule has 88 valence electrons. The SMILES string of the molecule is CC1CCOC1C(=O)NCCCCCCl. The van der Waals surface area contributed by atoms with E-state index in [1.807, 2.05) is 0 Å². The third-order valence-corrected chi connectivity index (χ3v) is 3.02. The lowest BCUT2D eigenvalue weighted by molar-refractivity contribution is -0.131. The number of alkyl halides is 1. The van der Waals surface area contributed by atoms with Crippen molar-refractivity contribution in [3.05, 3.63) is 0 Å². The topological polar surface area (TPSA) is 38.3 Å². The van der Waals surface area contributed by atoms with Crippen LogP contribution in [-0.4, -0.2) is 31.0 Å². The minimum Gasteiger partial charge on any atom is -0.368 e. The summed E-state index contributed by atoms with van der Waals surface area (Å²) in [4.78, 5) is 11.6. The molecule has 0 aromatic heterocycles. The molecule has 1 saturated heterocycles. The first-order valence-corrected chi connectivity index (χ1v) is 6.24. The van der Waals surface area contributed by atoms with Crippen LogP contribution in [0.15, 0.2) is 0 Å². The van der Waals surface area contributed by atoms with Gasteiger partial charge in [0.15, 0.2) is 0 Å². The van der Waals surface area contributed by atoms with E-state index < -0.39 is 0 Å². The molecule has 0 saturated carbocycles. The Hall–Kier alpha value is -0.280. The Morgan fingerprint density at radius 1 is 1.47 bits per heavy atom. The molecular weight excluding hydrogens is 214 g/mol. The minimum absolute atomic E-state index is 0.0471. The standard InChI is InChI=1S/C11H20ClNO2/c1-9-5-8-15-10(9)11(14)13-7-4-2-3-6-12/h9-10H,2-8H2,1H3,(H,13,14). The van der Waals surface area contributed by atoms with E-state index in [2.05, 4.69) is 12.2 Å². The number of carbonyl (C=O) groups excluding carboxylic acids is 1. The molecule has 1 aliphatic heterocycles. The van der Waals surface area contributed by atoms with Crippen LogP contribution in [-0.2, 0) is 9.53 Å². The average molecular weight is 234 g/mol. The number of unbranched alkanes of at least 4 members (excludes halogenated alkanes) is 2. The summed E-state index contributed by atoms with van der Waals surface area (Å²) in [6.45, 7) is 3.51. The first-order chi connectivity index (χ1) is 7.25. The summed E-state index contributed by atoms with van der Waals surface area (Å²) in [6.07, 6.45) is 3.86. The van der Waals surface area contributed by atoms with Gasteiger partial charge in [-0.05, 0) is 25.2 Å². The Balaban J connectivity index is 2.08. The van der Waals surface area contributed by atoms with Crippen molar-refractivity contribution in [2.75, 3.05) is 19.0 Å². The third kappa shape index (κ3) is 4.39. The van der Waals surface area contributed by atoms with Crippen molar-refractivity contribution in [3.63, 3.8) is 0 Å². The van der Waals surface area contributed by atoms with Gasteiger partial charge in [0, 0.05) is 19.0 Å². The zero-order chi connectivity index (χ0) is 11.1. The van der Waals surface area contributed by atoms with Gasteiger partial charge in [-0.25, -0.2) is 0 Å². The highest BCUT2D eigenvalue weighted by Gasteiger charge is 2.30. The second-order valence-electron chi connectivity index (χ2n) is 4.10. The second kappa shape index (κ2) is 7.07. The van der Waals surface area contributed by atoms with Crippen LogP contribution in [0.25, 0.3) is 0 Å². The van der Waals surface area contributed by atoms with Crippen molar-refractivity contribution in [2.24, 2.45) is 5.92 Å². The normalized spacial score (nSPS) is 25.5. The summed E-state index contributed by atoms with van der Waals surface area (Å²) >= 11 is 5.56. The van der Waals surface area contributed by atoms with Crippen LogP contribution in [0.4, 0.5) is 0 Å². The Morgan fingerprint density at radius 3 is 2.87 bits per heavy atom. The van der Waals surface area contributed by atoms with Crippen molar-refractivity contribution in [1.82, 2.24) is 5.32 Å². The zero-order valence-corrected chi connectivity index (χ0v) is 10.1. The number of halogens is 1. The van der Waals surface area contributed by atoms with Crippen LogP contribution in [0.5, 0.6) is 0 Å². The van der Waals surface area contributed by atoms with Gasteiger partial charge in [0.05, 0.1) is 0 Å². The lowest BCUT2D eigenvalue weighted by Crippen LogP contribution is -2.37. The van der Waals surface area contributed by atoms with Gasteiger partial charge >= 0.3 is 0 Å². The summed E-state index contributed by atoms with van der Waals surface area (Å²) in [5.41, 5.74) is 0. The van der Waals surface area contributed by atoms with E-state index >= 15 is 0 Å². The average Bonchev–Trinajstić information content (AvgIpc) is 2.64. The van der Waals surface area contributed by atoms with E-state index in [0.29, 0.717) is 18.4 Å². The fraction of sp³-hybridized carbons (Fsp3) is 0.909. The molecule has 0 spiro atoms. The summed E-state index contributed by atoms with van der Waals surface area (Å²) in [6, 6.07) is 0. The number of hydrogen-bond acceptors (Lipinski definition) is 2. The predicted molar refractivity (Wildman–Crippen MR) is 61.1 cm³/mol. The van der Waals surface area contributed by atoms with Crippen molar-refractivity contribution in [3.8, 4) is 0 Å². The number of carbonyl (C=O) groups is 1. The summed E-state index contributed by atoms with van der Waals surface area (Å²) in [5, 5.41) is 2.91. The molecule has 2 atom stereocenters. The molecule has 2 unspecified atom stereocenters. The molecule has 1 N–H and O–H groups in total. The Labute approximate surface area is 96.5 Å². The molecule has 4 heteroatoms. The first-order valence-electron chi connectivity index (χ1n) is 5.71.